The molecule has 30 heavy (non-hydrogen) atoms. The predicted molar refractivity (Wildman–Crippen MR) is 114 cm³/mol. The summed E-state index contributed by atoms with van der Waals surface area (Å²) in [6.07, 6.45) is 10.7. The van der Waals surface area contributed by atoms with Gasteiger partial charge in [-0.05, 0) is 24.8 Å². The third-order valence-corrected chi connectivity index (χ3v) is 7.40. The van der Waals surface area contributed by atoms with Crippen LogP contribution in [0.5, 0.6) is 0 Å². The molecule has 2 aromatic rings. The fourth-order valence-electron chi connectivity index (χ4n) is 4.26. The van der Waals surface area contributed by atoms with E-state index in [4.69, 9.17) is 16.4 Å². The molecular formula is C20H23ClFN5O2S. The van der Waals surface area contributed by atoms with Crippen LogP contribution in [0.4, 0.5) is 10.1 Å². The van der Waals surface area contributed by atoms with Crippen molar-refractivity contribution < 1.29 is 13.4 Å². The van der Waals surface area contributed by atoms with E-state index in [1.165, 1.54) is 17.1 Å². The molecule has 10 heteroatoms. The number of amides is 1. The van der Waals surface area contributed by atoms with E-state index in [0.717, 1.165) is 31.7 Å². The lowest BCUT2D eigenvalue weighted by Gasteiger charge is -2.28. The fourth-order valence-corrected chi connectivity index (χ4v) is 6.02. The Bertz CT molecular complexity index is 1100. The van der Waals surface area contributed by atoms with Gasteiger partial charge in [0.15, 0.2) is 0 Å². The summed E-state index contributed by atoms with van der Waals surface area (Å²) in [6.45, 7) is 0. The molecule has 1 saturated carbocycles. The van der Waals surface area contributed by atoms with Gasteiger partial charge in [-0.3, -0.25) is 4.79 Å². The van der Waals surface area contributed by atoms with Crippen molar-refractivity contribution in [3.8, 4) is 0 Å². The molecule has 2 atom stereocenters. The van der Waals surface area contributed by atoms with Crippen LogP contribution in [0.3, 0.4) is 0 Å². The smallest absolute Gasteiger partial charge is 0.272 e. The molecule has 1 unspecified atom stereocenters. The minimum Gasteiger partial charge on any atom is -0.345 e. The van der Waals surface area contributed by atoms with Gasteiger partial charge in [0.2, 0.25) is 5.95 Å². The molecule has 3 heterocycles. The maximum Gasteiger partial charge on any atom is 0.272 e. The van der Waals surface area contributed by atoms with Crippen molar-refractivity contribution in [2.45, 2.75) is 43.0 Å². The van der Waals surface area contributed by atoms with Gasteiger partial charge >= 0.3 is 0 Å². The summed E-state index contributed by atoms with van der Waals surface area (Å²) in [7, 11) is -1.66. The van der Waals surface area contributed by atoms with Crippen LogP contribution in [0.25, 0.3) is 6.08 Å². The van der Waals surface area contributed by atoms with Crippen molar-refractivity contribution in [3.05, 3.63) is 46.8 Å². The van der Waals surface area contributed by atoms with Crippen molar-refractivity contribution in [2.75, 3.05) is 5.32 Å². The molecule has 0 radical (unpaired) electrons. The number of carbonyl (C=O) groups excluding carboxylic acids is 1. The zero-order valence-electron chi connectivity index (χ0n) is 16.5. The quantitative estimate of drug-likeness (QED) is 0.605. The fraction of sp³-hybridized carbons (Fsp3) is 0.400. The largest absolute Gasteiger partial charge is 0.345 e. The molecular weight excluding hydrogens is 429 g/mol. The third-order valence-electron chi connectivity index (χ3n) is 5.66. The van der Waals surface area contributed by atoms with E-state index in [2.05, 4.69) is 15.0 Å². The Morgan fingerprint density at radius 3 is 2.80 bits per heavy atom. The molecule has 0 spiro atoms. The molecule has 1 aliphatic heterocycles. The van der Waals surface area contributed by atoms with Crippen molar-refractivity contribution in [1.82, 2.24) is 14.3 Å². The number of carbonyl (C=O) groups is 1. The second-order valence-corrected chi connectivity index (χ2v) is 9.95. The molecule has 0 bridgehead atoms. The van der Waals surface area contributed by atoms with Crippen LogP contribution in [0, 0.1) is 16.6 Å². The molecule has 0 saturated heterocycles. The highest BCUT2D eigenvalue weighted by Crippen LogP contribution is 2.33. The Balaban J connectivity index is 1.69. The first-order valence-corrected chi connectivity index (χ1v) is 11.8. The van der Waals surface area contributed by atoms with E-state index in [9.17, 15) is 13.4 Å². The standard InChI is InChI=1S/C20H23ClFN5O2S/c1-27-11-16-14(19(27)20(28)24-13-9-17(21)25-18(22)10-13)7-8-15(26-30(16,23)29)12-5-3-2-4-6-12/h7-12,15H,2-6H2,1H3,(H2,23,26,29)(H,24,25,28)/t15-,30?/m1/s1. The molecule has 3 N–H and O–H groups in total. The number of nitrogens with zero attached hydrogens (tertiary/aromatic N) is 2. The summed E-state index contributed by atoms with van der Waals surface area (Å²) in [5.74, 6) is -1.01. The number of aryl methyl sites for hydroxylation is 1. The SMILES string of the molecule is Cn1cc2c(c1C(=O)Nc1cc(F)nc(Cl)c1)C=C[C@H](C1CCCCC1)NS2(=N)=O. The normalized spacial score (nSPS) is 24.3. The highest BCUT2D eigenvalue weighted by Gasteiger charge is 2.31. The van der Waals surface area contributed by atoms with Gasteiger partial charge in [0.1, 0.15) is 20.8 Å². The highest BCUT2D eigenvalue weighted by atomic mass is 35.5. The Labute approximate surface area is 179 Å². The van der Waals surface area contributed by atoms with Crippen molar-refractivity contribution in [3.63, 3.8) is 0 Å². The summed E-state index contributed by atoms with van der Waals surface area (Å²) >= 11 is 5.76. The second-order valence-electron chi connectivity index (χ2n) is 7.78. The number of anilines is 1. The Morgan fingerprint density at radius 2 is 2.10 bits per heavy atom. The third kappa shape index (κ3) is 4.14. The van der Waals surface area contributed by atoms with Gasteiger partial charge in [-0.1, -0.05) is 43.0 Å². The summed E-state index contributed by atoms with van der Waals surface area (Å²) in [6, 6.07) is 2.22. The van der Waals surface area contributed by atoms with Gasteiger partial charge < -0.3 is 9.88 Å². The molecule has 2 aliphatic rings. The van der Waals surface area contributed by atoms with Crippen LogP contribution >= 0.6 is 11.6 Å². The topological polar surface area (TPSA) is 99.9 Å². The summed E-state index contributed by atoms with van der Waals surface area (Å²) in [4.78, 5) is 16.7. The number of halogens is 2. The van der Waals surface area contributed by atoms with E-state index in [-0.39, 0.29) is 27.5 Å². The summed E-state index contributed by atoms with van der Waals surface area (Å²) < 4.78 is 39.8. The minimum absolute atomic E-state index is 0.0791. The second kappa shape index (κ2) is 8.13. The van der Waals surface area contributed by atoms with Crippen molar-refractivity contribution in [2.24, 2.45) is 13.0 Å². The van der Waals surface area contributed by atoms with Gasteiger partial charge in [0.25, 0.3) is 5.91 Å². The predicted octanol–water partition coefficient (Wildman–Crippen LogP) is 4.35. The maximum absolute atomic E-state index is 13.5. The number of hydrogen-bond donors (Lipinski definition) is 3. The average Bonchev–Trinajstić information content (AvgIpc) is 2.96. The summed E-state index contributed by atoms with van der Waals surface area (Å²) in [5.41, 5.74) is 0.831. The lowest BCUT2D eigenvalue weighted by Crippen LogP contribution is -2.38. The van der Waals surface area contributed by atoms with E-state index >= 15 is 0 Å². The Hall–Kier alpha value is -2.23. The lowest BCUT2D eigenvalue weighted by atomic mass is 9.84. The van der Waals surface area contributed by atoms with E-state index < -0.39 is 21.8 Å². The van der Waals surface area contributed by atoms with Crippen LogP contribution in [-0.4, -0.2) is 25.7 Å². The van der Waals surface area contributed by atoms with E-state index in [1.807, 2.05) is 6.08 Å². The van der Waals surface area contributed by atoms with E-state index in [0.29, 0.717) is 11.5 Å². The number of aromatic nitrogens is 2. The molecule has 1 aliphatic carbocycles. The van der Waals surface area contributed by atoms with Gasteiger partial charge in [0.05, 0.1) is 4.90 Å². The molecule has 7 nitrogen and oxygen atoms in total. The van der Waals surface area contributed by atoms with Crippen molar-refractivity contribution in [1.29, 1.82) is 4.78 Å². The zero-order chi connectivity index (χ0) is 21.5. The number of nitrogens with one attached hydrogen (secondary N) is 3. The zero-order valence-corrected chi connectivity index (χ0v) is 18.0. The van der Waals surface area contributed by atoms with Crippen LogP contribution in [0.15, 0.2) is 29.3 Å². The number of rotatable bonds is 3. The molecule has 1 fully saturated rings. The lowest BCUT2D eigenvalue weighted by molar-refractivity contribution is 0.101. The van der Waals surface area contributed by atoms with Gasteiger partial charge in [-0.2, -0.15) is 4.39 Å². The Kier molecular flexibility index (Phi) is 5.69. The van der Waals surface area contributed by atoms with Gasteiger partial charge in [-0.15, -0.1) is 0 Å². The maximum atomic E-state index is 13.5. The van der Waals surface area contributed by atoms with E-state index in [1.54, 1.807) is 19.3 Å². The first kappa shape index (κ1) is 21.0. The molecule has 1 amide bonds. The van der Waals surface area contributed by atoms with Crippen LogP contribution < -0.4 is 10.0 Å². The Morgan fingerprint density at radius 1 is 1.37 bits per heavy atom. The van der Waals surface area contributed by atoms with Gasteiger partial charge in [0, 0.05) is 36.6 Å². The number of fused-ring (bicyclic) bond motifs is 1. The molecule has 4 rings (SSSR count). The first-order valence-electron chi connectivity index (χ1n) is 9.82. The van der Waals surface area contributed by atoms with Crippen LogP contribution in [0.1, 0.15) is 48.2 Å². The van der Waals surface area contributed by atoms with Crippen LogP contribution in [-0.2, 0) is 17.0 Å². The highest BCUT2D eigenvalue weighted by molar-refractivity contribution is 7.90. The number of pyridine rings is 1. The minimum atomic E-state index is -3.30. The molecule has 160 valence electrons. The first-order chi connectivity index (χ1) is 14.2. The molecule has 0 aromatic carbocycles. The molecule has 2 aromatic heterocycles. The summed E-state index contributed by atoms with van der Waals surface area (Å²) in [5, 5.41) is 2.53. The average molecular weight is 452 g/mol. The monoisotopic (exact) mass is 451 g/mol. The van der Waals surface area contributed by atoms with Crippen molar-refractivity contribution >= 4 is 39.2 Å². The van der Waals surface area contributed by atoms with Gasteiger partial charge in [-0.25, -0.2) is 18.7 Å². The van der Waals surface area contributed by atoms with Crippen LogP contribution in [0.2, 0.25) is 5.15 Å². The number of hydrogen-bond acceptors (Lipinski definition) is 4.